The maximum Gasteiger partial charge on any atom is 0.277 e. The van der Waals surface area contributed by atoms with Crippen molar-refractivity contribution in [3.8, 4) is 17.2 Å². The number of carbonyl (C=O) groups is 1. The molecule has 0 fully saturated rings. The summed E-state index contributed by atoms with van der Waals surface area (Å²) in [5.41, 5.74) is 2.75. The largest absolute Gasteiger partial charge is 0.507 e. The molecule has 0 spiro atoms. The number of hydrogen-bond donors (Lipinski definition) is 3. The number of benzene rings is 2. The van der Waals surface area contributed by atoms with Gasteiger partial charge in [-0.15, -0.1) is 0 Å². The Labute approximate surface area is 121 Å². The lowest BCUT2D eigenvalue weighted by molar-refractivity contribution is -0.123. The van der Waals surface area contributed by atoms with E-state index in [1.54, 1.807) is 36.4 Å². The van der Waals surface area contributed by atoms with E-state index in [1.807, 2.05) is 0 Å². The van der Waals surface area contributed by atoms with Crippen LogP contribution in [0.1, 0.15) is 5.56 Å². The van der Waals surface area contributed by atoms with Crippen molar-refractivity contribution in [2.24, 2.45) is 5.10 Å². The highest BCUT2D eigenvalue weighted by Crippen LogP contribution is 2.23. The molecule has 0 aliphatic carbocycles. The number of amides is 1. The van der Waals surface area contributed by atoms with Gasteiger partial charge >= 0.3 is 0 Å². The Morgan fingerprint density at radius 2 is 1.76 bits per heavy atom. The van der Waals surface area contributed by atoms with Gasteiger partial charge in [-0.3, -0.25) is 4.79 Å². The van der Waals surface area contributed by atoms with Gasteiger partial charge in [-0.25, -0.2) is 5.43 Å². The van der Waals surface area contributed by atoms with Crippen molar-refractivity contribution in [2.75, 3.05) is 6.61 Å². The van der Waals surface area contributed by atoms with Crippen molar-refractivity contribution in [1.82, 2.24) is 5.43 Å². The summed E-state index contributed by atoms with van der Waals surface area (Å²) in [7, 11) is 0. The van der Waals surface area contributed by atoms with Crippen molar-refractivity contribution in [1.29, 1.82) is 0 Å². The lowest BCUT2D eigenvalue weighted by Crippen LogP contribution is -2.24. The number of ether oxygens (including phenoxy) is 1. The Morgan fingerprint density at radius 1 is 1.10 bits per heavy atom. The first kappa shape index (κ1) is 14.4. The van der Waals surface area contributed by atoms with E-state index in [4.69, 9.17) is 4.74 Å². The molecule has 0 unspecified atom stereocenters. The lowest BCUT2D eigenvalue weighted by atomic mass is 10.2. The molecule has 0 saturated carbocycles. The topological polar surface area (TPSA) is 91.2 Å². The number of nitrogens with one attached hydrogen (secondary N) is 1. The van der Waals surface area contributed by atoms with E-state index in [1.165, 1.54) is 18.3 Å². The predicted octanol–water partition coefficient (Wildman–Crippen LogP) is 1.63. The minimum Gasteiger partial charge on any atom is -0.507 e. The number of hydrazone groups is 1. The van der Waals surface area contributed by atoms with Gasteiger partial charge < -0.3 is 14.9 Å². The quantitative estimate of drug-likeness (QED) is 0.575. The molecule has 0 bridgehead atoms. The fourth-order valence-corrected chi connectivity index (χ4v) is 1.53. The van der Waals surface area contributed by atoms with Gasteiger partial charge in [-0.2, -0.15) is 5.10 Å². The first-order valence-electron chi connectivity index (χ1n) is 6.17. The second-order valence-corrected chi connectivity index (χ2v) is 4.11. The summed E-state index contributed by atoms with van der Waals surface area (Å²) in [5, 5.41) is 22.7. The molecular weight excluding hydrogens is 272 g/mol. The van der Waals surface area contributed by atoms with Gasteiger partial charge in [0.05, 0.1) is 6.21 Å². The highest BCUT2D eigenvalue weighted by atomic mass is 16.5. The van der Waals surface area contributed by atoms with Crippen molar-refractivity contribution in [2.45, 2.75) is 0 Å². The summed E-state index contributed by atoms with van der Waals surface area (Å²) >= 11 is 0. The van der Waals surface area contributed by atoms with Crippen LogP contribution in [0.15, 0.2) is 53.6 Å². The molecule has 108 valence electrons. The van der Waals surface area contributed by atoms with E-state index in [-0.39, 0.29) is 23.9 Å². The van der Waals surface area contributed by atoms with Gasteiger partial charge in [0.15, 0.2) is 18.1 Å². The van der Waals surface area contributed by atoms with Gasteiger partial charge in [0.2, 0.25) is 0 Å². The standard InChI is InChI=1S/C15H14N2O4/c18-12-6-2-1-5-11(12)9-16-17-15(20)10-21-14-8-4-3-7-13(14)19/h1-9,18-19H,10H2,(H,17,20)/b16-9+. The Morgan fingerprint density at radius 3 is 2.48 bits per heavy atom. The third kappa shape index (κ3) is 4.24. The predicted molar refractivity (Wildman–Crippen MR) is 77.4 cm³/mol. The molecule has 2 aromatic carbocycles. The maximum absolute atomic E-state index is 11.5. The number of phenolic OH excluding ortho intramolecular Hbond substituents is 2. The molecule has 21 heavy (non-hydrogen) atoms. The summed E-state index contributed by atoms with van der Waals surface area (Å²) < 4.78 is 5.14. The smallest absolute Gasteiger partial charge is 0.277 e. The molecular formula is C15H14N2O4. The van der Waals surface area contributed by atoms with Crippen molar-refractivity contribution >= 4 is 12.1 Å². The third-order valence-corrected chi connectivity index (χ3v) is 2.55. The number of carbonyl (C=O) groups excluding carboxylic acids is 1. The van der Waals surface area contributed by atoms with Gasteiger partial charge in [-0.1, -0.05) is 24.3 Å². The van der Waals surface area contributed by atoms with Gasteiger partial charge in [0.1, 0.15) is 5.75 Å². The van der Waals surface area contributed by atoms with Crippen LogP contribution >= 0.6 is 0 Å². The van der Waals surface area contributed by atoms with Crippen LogP contribution in [0.4, 0.5) is 0 Å². The van der Waals surface area contributed by atoms with Crippen LogP contribution in [0.3, 0.4) is 0 Å². The Bertz CT molecular complexity index is 656. The van der Waals surface area contributed by atoms with Crippen LogP contribution in [-0.4, -0.2) is 28.9 Å². The maximum atomic E-state index is 11.5. The fourth-order valence-electron chi connectivity index (χ4n) is 1.53. The Kier molecular flexibility index (Phi) is 4.76. The zero-order valence-electron chi connectivity index (χ0n) is 11.1. The zero-order chi connectivity index (χ0) is 15.1. The molecule has 1 amide bonds. The highest BCUT2D eigenvalue weighted by Gasteiger charge is 2.04. The Balaban J connectivity index is 1.83. The lowest BCUT2D eigenvalue weighted by Gasteiger charge is -2.06. The van der Waals surface area contributed by atoms with Crippen molar-refractivity contribution in [3.63, 3.8) is 0 Å². The monoisotopic (exact) mass is 286 g/mol. The summed E-state index contributed by atoms with van der Waals surface area (Å²) in [6.07, 6.45) is 1.33. The molecule has 6 nitrogen and oxygen atoms in total. The minimum absolute atomic E-state index is 0.0389. The second-order valence-electron chi connectivity index (χ2n) is 4.11. The van der Waals surface area contributed by atoms with Gasteiger partial charge in [0.25, 0.3) is 5.91 Å². The van der Waals surface area contributed by atoms with E-state index in [0.29, 0.717) is 5.56 Å². The SMILES string of the molecule is O=C(COc1ccccc1O)N/N=C/c1ccccc1O. The highest BCUT2D eigenvalue weighted by molar-refractivity contribution is 5.85. The van der Waals surface area contributed by atoms with Crippen molar-refractivity contribution in [3.05, 3.63) is 54.1 Å². The van der Waals surface area contributed by atoms with E-state index in [0.717, 1.165) is 0 Å². The van der Waals surface area contributed by atoms with Crippen LogP contribution in [0.2, 0.25) is 0 Å². The van der Waals surface area contributed by atoms with Gasteiger partial charge in [-0.05, 0) is 24.3 Å². The van der Waals surface area contributed by atoms with Crippen molar-refractivity contribution < 1.29 is 19.7 Å². The molecule has 0 aliphatic rings. The average Bonchev–Trinajstić information content (AvgIpc) is 2.48. The average molecular weight is 286 g/mol. The summed E-state index contributed by atoms with van der Waals surface area (Å²) in [5.74, 6) is -0.230. The van der Waals surface area contributed by atoms with Crippen LogP contribution in [-0.2, 0) is 4.79 Å². The van der Waals surface area contributed by atoms with Crippen LogP contribution in [0.5, 0.6) is 17.2 Å². The molecule has 2 rings (SSSR count). The summed E-state index contributed by atoms with van der Waals surface area (Å²) in [6, 6.07) is 12.9. The molecule has 0 saturated heterocycles. The molecule has 2 aromatic rings. The van der Waals surface area contributed by atoms with E-state index in [9.17, 15) is 15.0 Å². The first-order valence-corrected chi connectivity index (χ1v) is 6.17. The molecule has 0 aromatic heterocycles. The zero-order valence-corrected chi connectivity index (χ0v) is 11.1. The number of para-hydroxylation sites is 3. The normalized spacial score (nSPS) is 10.5. The molecule has 0 heterocycles. The Hall–Kier alpha value is -3.02. The van der Waals surface area contributed by atoms with E-state index >= 15 is 0 Å². The minimum atomic E-state index is -0.482. The number of nitrogens with zero attached hydrogens (tertiary/aromatic N) is 1. The molecule has 3 N–H and O–H groups in total. The number of hydrogen-bond acceptors (Lipinski definition) is 5. The molecule has 0 atom stereocenters. The molecule has 0 aliphatic heterocycles. The van der Waals surface area contributed by atoms with E-state index < -0.39 is 5.91 Å². The van der Waals surface area contributed by atoms with Crippen LogP contribution in [0, 0.1) is 0 Å². The first-order chi connectivity index (χ1) is 10.2. The molecule has 6 heteroatoms. The van der Waals surface area contributed by atoms with Crippen LogP contribution in [0.25, 0.3) is 0 Å². The summed E-state index contributed by atoms with van der Waals surface area (Å²) in [6.45, 7) is -0.282. The van der Waals surface area contributed by atoms with Crippen LogP contribution < -0.4 is 10.2 Å². The fraction of sp³-hybridized carbons (Fsp3) is 0.0667. The number of aromatic hydroxyl groups is 2. The number of phenols is 2. The van der Waals surface area contributed by atoms with E-state index in [2.05, 4.69) is 10.5 Å². The summed E-state index contributed by atoms with van der Waals surface area (Å²) in [4.78, 5) is 11.5. The number of rotatable bonds is 5. The van der Waals surface area contributed by atoms with Gasteiger partial charge in [0, 0.05) is 5.56 Å². The second kappa shape index (κ2) is 6.95. The third-order valence-electron chi connectivity index (χ3n) is 2.55. The molecule has 0 radical (unpaired) electrons.